The monoisotopic (exact) mass is 357 g/mol. The van der Waals surface area contributed by atoms with Gasteiger partial charge in [-0.1, -0.05) is 43.3 Å². The largest absolute Gasteiger partial charge is 0.493 e. The maximum absolute atomic E-state index is 5.84. The molecule has 142 valence electrons. The third kappa shape index (κ3) is 6.70. The van der Waals surface area contributed by atoms with Crippen molar-refractivity contribution in [3.8, 4) is 11.5 Å². The van der Waals surface area contributed by atoms with Gasteiger partial charge in [0.2, 0.25) is 0 Å². The highest BCUT2D eigenvalue weighted by atomic mass is 16.5. The molecule has 0 fully saturated rings. The Hall–Kier alpha value is -2.04. The average molecular weight is 357 g/mol. The Morgan fingerprint density at radius 2 is 1.65 bits per heavy atom. The van der Waals surface area contributed by atoms with E-state index in [4.69, 9.17) is 14.2 Å². The quantitative estimate of drug-likeness (QED) is 0.607. The number of hydrogen-bond acceptors (Lipinski definition) is 4. The summed E-state index contributed by atoms with van der Waals surface area (Å²) in [4.78, 5) is 2.35. The van der Waals surface area contributed by atoms with E-state index < -0.39 is 0 Å². The average Bonchev–Trinajstić information content (AvgIpc) is 2.67. The lowest BCUT2D eigenvalue weighted by Crippen LogP contribution is -2.28. The van der Waals surface area contributed by atoms with Crippen molar-refractivity contribution in [1.82, 2.24) is 4.90 Å². The van der Waals surface area contributed by atoms with E-state index in [2.05, 4.69) is 43.1 Å². The normalized spacial score (nSPS) is 12.2. The molecule has 2 aromatic carbocycles. The van der Waals surface area contributed by atoms with Crippen LogP contribution in [0.2, 0.25) is 0 Å². The van der Waals surface area contributed by atoms with Gasteiger partial charge in [-0.25, -0.2) is 0 Å². The molecule has 2 rings (SSSR count). The Balaban J connectivity index is 1.70. The third-order valence-corrected chi connectivity index (χ3v) is 4.37. The predicted octanol–water partition coefficient (Wildman–Crippen LogP) is 4.03. The number of benzene rings is 2. The van der Waals surface area contributed by atoms with Crippen molar-refractivity contribution in [1.29, 1.82) is 0 Å². The Morgan fingerprint density at radius 3 is 2.35 bits per heavy atom. The minimum atomic E-state index is 0.495. The summed E-state index contributed by atoms with van der Waals surface area (Å²) in [7, 11) is 5.49. The van der Waals surface area contributed by atoms with Crippen LogP contribution >= 0.6 is 0 Å². The van der Waals surface area contributed by atoms with Crippen LogP contribution in [0.15, 0.2) is 48.5 Å². The second-order valence-corrected chi connectivity index (χ2v) is 6.81. The van der Waals surface area contributed by atoms with E-state index >= 15 is 0 Å². The summed E-state index contributed by atoms with van der Waals surface area (Å²) in [5.41, 5.74) is 2.48. The van der Waals surface area contributed by atoms with E-state index in [0.29, 0.717) is 12.5 Å². The lowest BCUT2D eigenvalue weighted by atomic mass is 10.1. The van der Waals surface area contributed by atoms with Crippen molar-refractivity contribution < 1.29 is 14.2 Å². The van der Waals surface area contributed by atoms with Gasteiger partial charge in [-0.2, -0.15) is 0 Å². The summed E-state index contributed by atoms with van der Waals surface area (Å²) >= 11 is 0. The fraction of sp³-hybridized carbons (Fsp3) is 0.455. The van der Waals surface area contributed by atoms with Gasteiger partial charge in [-0.3, -0.25) is 0 Å². The van der Waals surface area contributed by atoms with Gasteiger partial charge in [0.25, 0.3) is 0 Å². The van der Waals surface area contributed by atoms with Crippen LogP contribution in [0.4, 0.5) is 0 Å². The van der Waals surface area contributed by atoms with E-state index in [1.54, 1.807) is 14.2 Å². The van der Waals surface area contributed by atoms with Gasteiger partial charge in [0.1, 0.15) is 0 Å². The molecule has 0 unspecified atom stereocenters. The Morgan fingerprint density at radius 1 is 0.923 bits per heavy atom. The highest BCUT2D eigenvalue weighted by Gasteiger charge is 2.09. The number of nitrogens with zero attached hydrogens (tertiary/aromatic N) is 1. The molecule has 1 atom stereocenters. The molecule has 0 aliphatic rings. The van der Waals surface area contributed by atoms with Gasteiger partial charge in [-0.15, -0.1) is 0 Å². The lowest BCUT2D eigenvalue weighted by Gasteiger charge is -2.21. The van der Waals surface area contributed by atoms with E-state index in [9.17, 15) is 0 Å². The van der Waals surface area contributed by atoms with Crippen molar-refractivity contribution in [2.24, 2.45) is 5.92 Å². The molecule has 0 saturated heterocycles. The summed E-state index contributed by atoms with van der Waals surface area (Å²) < 4.78 is 16.5. The van der Waals surface area contributed by atoms with Crippen LogP contribution in [-0.4, -0.2) is 45.9 Å². The summed E-state index contributed by atoms with van der Waals surface area (Å²) in [6.45, 7) is 5.70. The van der Waals surface area contributed by atoms with Crippen LogP contribution in [0.1, 0.15) is 18.1 Å². The number of ether oxygens (including phenoxy) is 3. The molecule has 0 N–H and O–H groups in total. The summed E-state index contributed by atoms with van der Waals surface area (Å²) in [6, 6.07) is 16.4. The molecule has 0 aliphatic carbocycles. The number of rotatable bonds is 11. The molecule has 0 radical (unpaired) electrons. The van der Waals surface area contributed by atoms with Crippen molar-refractivity contribution >= 4 is 0 Å². The molecule has 4 nitrogen and oxygen atoms in total. The van der Waals surface area contributed by atoms with E-state index in [1.165, 1.54) is 11.1 Å². The summed E-state index contributed by atoms with van der Waals surface area (Å²) in [5, 5.41) is 0. The Bertz CT molecular complexity index is 645. The minimum Gasteiger partial charge on any atom is -0.493 e. The van der Waals surface area contributed by atoms with Crippen molar-refractivity contribution in [2.75, 3.05) is 41.0 Å². The van der Waals surface area contributed by atoms with Crippen LogP contribution in [0.25, 0.3) is 0 Å². The van der Waals surface area contributed by atoms with Crippen molar-refractivity contribution in [2.45, 2.75) is 20.0 Å². The molecule has 0 amide bonds. The lowest BCUT2D eigenvalue weighted by molar-refractivity contribution is 0.0805. The van der Waals surface area contributed by atoms with Crippen LogP contribution in [-0.2, 0) is 17.8 Å². The predicted molar refractivity (Wildman–Crippen MR) is 106 cm³/mol. The number of hydrogen-bond donors (Lipinski definition) is 0. The molecular weight excluding hydrogens is 326 g/mol. The maximum Gasteiger partial charge on any atom is 0.160 e. The Labute approximate surface area is 157 Å². The Kier molecular flexibility index (Phi) is 8.45. The fourth-order valence-electron chi connectivity index (χ4n) is 2.98. The first-order valence-corrected chi connectivity index (χ1v) is 9.13. The number of methoxy groups -OCH3 is 2. The second-order valence-electron chi connectivity index (χ2n) is 6.81. The van der Waals surface area contributed by atoms with E-state index in [1.807, 2.05) is 24.3 Å². The van der Waals surface area contributed by atoms with Gasteiger partial charge in [0, 0.05) is 13.1 Å². The third-order valence-electron chi connectivity index (χ3n) is 4.37. The second kappa shape index (κ2) is 10.8. The molecular formula is C22H31NO3. The molecule has 0 bridgehead atoms. The molecule has 0 aliphatic heterocycles. The van der Waals surface area contributed by atoms with E-state index in [-0.39, 0.29) is 0 Å². The maximum atomic E-state index is 5.84. The molecule has 0 saturated carbocycles. The molecule has 0 heterocycles. The van der Waals surface area contributed by atoms with Crippen LogP contribution in [0.5, 0.6) is 11.5 Å². The standard InChI is InChI=1S/C22H31NO3/c1-18(16-26-17-20-8-6-5-7-9-20)15-23(2)13-12-19-10-11-21(24-3)22(14-19)25-4/h5-11,14,18H,12-13,15-17H2,1-4H3/t18-/m1/s1. The highest BCUT2D eigenvalue weighted by Crippen LogP contribution is 2.27. The highest BCUT2D eigenvalue weighted by molar-refractivity contribution is 5.42. The fourth-order valence-corrected chi connectivity index (χ4v) is 2.98. The SMILES string of the molecule is COc1ccc(CCN(C)C[C@@H](C)COCc2ccccc2)cc1OC. The first-order valence-electron chi connectivity index (χ1n) is 9.13. The van der Waals surface area contributed by atoms with Gasteiger partial charge in [-0.05, 0) is 42.6 Å². The summed E-state index contributed by atoms with van der Waals surface area (Å²) in [5.74, 6) is 2.05. The topological polar surface area (TPSA) is 30.9 Å². The van der Waals surface area contributed by atoms with Gasteiger partial charge in [0.05, 0.1) is 27.4 Å². The molecule has 0 spiro atoms. The van der Waals surface area contributed by atoms with Crippen LogP contribution in [0, 0.1) is 5.92 Å². The van der Waals surface area contributed by atoms with Gasteiger partial charge >= 0.3 is 0 Å². The van der Waals surface area contributed by atoms with Gasteiger partial charge in [0.15, 0.2) is 11.5 Å². The smallest absolute Gasteiger partial charge is 0.160 e. The minimum absolute atomic E-state index is 0.495. The molecule has 4 heteroatoms. The zero-order valence-corrected chi connectivity index (χ0v) is 16.4. The van der Waals surface area contributed by atoms with Crippen molar-refractivity contribution in [3.63, 3.8) is 0 Å². The molecule has 0 aromatic heterocycles. The van der Waals surface area contributed by atoms with Crippen LogP contribution in [0.3, 0.4) is 0 Å². The number of likely N-dealkylation sites (N-methyl/N-ethyl adjacent to an activating group) is 1. The summed E-state index contributed by atoms with van der Waals surface area (Å²) in [6.07, 6.45) is 0.981. The van der Waals surface area contributed by atoms with Crippen molar-refractivity contribution in [3.05, 3.63) is 59.7 Å². The zero-order chi connectivity index (χ0) is 18.8. The first-order chi connectivity index (χ1) is 12.6. The van der Waals surface area contributed by atoms with Crippen LogP contribution < -0.4 is 9.47 Å². The molecule has 2 aromatic rings. The molecule has 26 heavy (non-hydrogen) atoms. The zero-order valence-electron chi connectivity index (χ0n) is 16.4. The first kappa shape index (κ1) is 20.3. The van der Waals surface area contributed by atoms with Gasteiger partial charge < -0.3 is 19.1 Å². The van der Waals surface area contributed by atoms with E-state index in [0.717, 1.165) is 37.6 Å².